The van der Waals surface area contributed by atoms with Gasteiger partial charge in [-0.15, -0.1) is 5.10 Å². The molecular formula is C14H18N4OS. The summed E-state index contributed by atoms with van der Waals surface area (Å²) >= 11 is 1.60. The molecule has 0 aliphatic heterocycles. The van der Waals surface area contributed by atoms with Gasteiger partial charge < -0.3 is 10.1 Å². The molecule has 20 heavy (non-hydrogen) atoms. The van der Waals surface area contributed by atoms with Crippen LogP contribution in [0.1, 0.15) is 13.8 Å². The van der Waals surface area contributed by atoms with Crippen molar-refractivity contribution in [3.8, 4) is 5.75 Å². The van der Waals surface area contributed by atoms with Crippen LogP contribution in [0.4, 0.5) is 11.6 Å². The molecule has 0 atom stereocenters. The summed E-state index contributed by atoms with van der Waals surface area (Å²) in [4.78, 5) is 4.37. The molecule has 2 N–H and O–H groups in total. The number of methoxy groups -OCH3 is 1. The molecule has 0 radical (unpaired) electrons. The second kappa shape index (κ2) is 7.00. The molecule has 1 aromatic carbocycles. The van der Waals surface area contributed by atoms with Crippen molar-refractivity contribution in [2.75, 3.05) is 18.2 Å². The monoisotopic (exact) mass is 290 g/mol. The number of benzene rings is 1. The number of aromatic amines is 1. The van der Waals surface area contributed by atoms with E-state index >= 15 is 0 Å². The van der Waals surface area contributed by atoms with Gasteiger partial charge in [0.15, 0.2) is 0 Å². The predicted molar refractivity (Wildman–Crippen MR) is 82.8 cm³/mol. The molecule has 2 rings (SSSR count). The quantitative estimate of drug-likeness (QED) is 0.628. The molecule has 0 saturated carbocycles. The van der Waals surface area contributed by atoms with Crippen LogP contribution < -0.4 is 10.1 Å². The summed E-state index contributed by atoms with van der Waals surface area (Å²) in [5.74, 6) is 2.34. The van der Waals surface area contributed by atoms with Gasteiger partial charge >= 0.3 is 0 Å². The lowest BCUT2D eigenvalue weighted by molar-refractivity contribution is 0.415. The van der Waals surface area contributed by atoms with Gasteiger partial charge in [0.05, 0.1) is 7.11 Å². The zero-order valence-corrected chi connectivity index (χ0v) is 12.6. The second-order valence-corrected chi connectivity index (χ2v) is 5.40. The number of aromatic nitrogens is 3. The van der Waals surface area contributed by atoms with Crippen LogP contribution in [0.5, 0.6) is 5.75 Å². The van der Waals surface area contributed by atoms with Crippen molar-refractivity contribution < 1.29 is 4.74 Å². The van der Waals surface area contributed by atoms with Gasteiger partial charge in [-0.1, -0.05) is 23.4 Å². The lowest BCUT2D eigenvalue weighted by atomic mass is 10.3. The maximum absolute atomic E-state index is 5.11. The third-order valence-corrected chi connectivity index (χ3v) is 3.30. The number of rotatable bonds is 6. The first-order chi connectivity index (χ1) is 9.67. The van der Waals surface area contributed by atoms with E-state index in [1.54, 1.807) is 18.9 Å². The minimum absolute atomic E-state index is 0.634. The summed E-state index contributed by atoms with van der Waals surface area (Å²) in [7, 11) is 1.65. The van der Waals surface area contributed by atoms with Crippen LogP contribution in [0.15, 0.2) is 41.1 Å². The van der Waals surface area contributed by atoms with Crippen LogP contribution in [-0.4, -0.2) is 28.0 Å². The van der Waals surface area contributed by atoms with Crippen LogP contribution in [0.2, 0.25) is 0 Å². The van der Waals surface area contributed by atoms with Crippen molar-refractivity contribution in [2.24, 2.45) is 0 Å². The first-order valence-corrected chi connectivity index (χ1v) is 7.25. The molecule has 0 aliphatic carbocycles. The standard InChI is InChI=1S/C14H18N4OS/c1-10(2)8-9-20-14-16-13(17-18-14)15-11-4-6-12(19-3)7-5-11/h4-8H,9H2,1-3H3,(H2,15,16,17,18). The molecule has 2 aromatic rings. The Balaban J connectivity index is 1.93. The molecule has 0 bridgehead atoms. The summed E-state index contributed by atoms with van der Waals surface area (Å²) in [6, 6.07) is 7.64. The third-order valence-electron chi connectivity index (χ3n) is 2.52. The van der Waals surface area contributed by atoms with Gasteiger partial charge in [0.25, 0.3) is 0 Å². The van der Waals surface area contributed by atoms with E-state index in [9.17, 15) is 0 Å². The van der Waals surface area contributed by atoms with Crippen molar-refractivity contribution in [1.82, 2.24) is 15.2 Å². The second-order valence-electron chi connectivity index (χ2n) is 4.41. The van der Waals surface area contributed by atoms with Crippen molar-refractivity contribution in [2.45, 2.75) is 19.0 Å². The minimum atomic E-state index is 0.634. The average Bonchev–Trinajstić information content (AvgIpc) is 2.87. The number of hydrogen-bond acceptors (Lipinski definition) is 5. The van der Waals surface area contributed by atoms with E-state index in [1.165, 1.54) is 5.57 Å². The topological polar surface area (TPSA) is 62.8 Å². The molecule has 0 saturated heterocycles. The minimum Gasteiger partial charge on any atom is -0.497 e. The van der Waals surface area contributed by atoms with Crippen LogP contribution in [0, 0.1) is 0 Å². The zero-order valence-electron chi connectivity index (χ0n) is 11.8. The number of nitrogens with one attached hydrogen (secondary N) is 2. The lowest BCUT2D eigenvalue weighted by Crippen LogP contribution is -1.92. The fourth-order valence-corrected chi connectivity index (χ4v) is 2.29. The number of nitrogens with zero attached hydrogens (tertiary/aromatic N) is 2. The van der Waals surface area contributed by atoms with E-state index in [1.807, 2.05) is 24.3 Å². The largest absolute Gasteiger partial charge is 0.497 e. The van der Waals surface area contributed by atoms with Gasteiger partial charge in [0, 0.05) is 11.4 Å². The summed E-state index contributed by atoms with van der Waals surface area (Å²) in [6.45, 7) is 4.16. The molecule has 1 heterocycles. The Morgan fingerprint density at radius 3 is 2.75 bits per heavy atom. The number of H-pyrrole nitrogens is 1. The highest BCUT2D eigenvalue weighted by molar-refractivity contribution is 7.99. The summed E-state index contributed by atoms with van der Waals surface area (Å²) in [5.41, 5.74) is 2.23. The molecule has 0 unspecified atom stereocenters. The van der Waals surface area contributed by atoms with Gasteiger partial charge in [-0.05, 0) is 38.1 Å². The van der Waals surface area contributed by atoms with Crippen molar-refractivity contribution in [3.05, 3.63) is 35.9 Å². The van der Waals surface area contributed by atoms with Gasteiger partial charge in [-0.3, -0.25) is 0 Å². The molecule has 0 fully saturated rings. The van der Waals surface area contributed by atoms with E-state index in [-0.39, 0.29) is 0 Å². The van der Waals surface area contributed by atoms with Crippen molar-refractivity contribution in [1.29, 1.82) is 0 Å². The Morgan fingerprint density at radius 2 is 2.10 bits per heavy atom. The summed E-state index contributed by atoms with van der Waals surface area (Å²) in [5, 5.41) is 10.9. The first-order valence-electron chi connectivity index (χ1n) is 6.27. The highest BCUT2D eigenvalue weighted by Crippen LogP contribution is 2.20. The first kappa shape index (κ1) is 14.5. The molecule has 0 spiro atoms. The van der Waals surface area contributed by atoms with Crippen LogP contribution in [0.3, 0.4) is 0 Å². The highest BCUT2D eigenvalue weighted by atomic mass is 32.2. The summed E-state index contributed by atoms with van der Waals surface area (Å²) < 4.78 is 5.11. The molecule has 5 nitrogen and oxygen atoms in total. The Labute approximate surface area is 122 Å². The predicted octanol–water partition coefficient (Wildman–Crippen LogP) is 3.62. The molecule has 106 valence electrons. The van der Waals surface area contributed by atoms with Crippen LogP contribution in [0.25, 0.3) is 0 Å². The van der Waals surface area contributed by atoms with Crippen molar-refractivity contribution in [3.63, 3.8) is 0 Å². The number of allylic oxidation sites excluding steroid dienone is 1. The fraction of sp³-hybridized carbons (Fsp3) is 0.286. The SMILES string of the molecule is COc1ccc(Nc2nc(SCC=C(C)C)n[nH]2)cc1. The van der Waals surface area contributed by atoms with E-state index in [0.717, 1.165) is 22.3 Å². The van der Waals surface area contributed by atoms with E-state index in [2.05, 4.69) is 40.4 Å². The van der Waals surface area contributed by atoms with Gasteiger partial charge in [-0.2, -0.15) is 4.98 Å². The van der Waals surface area contributed by atoms with Crippen LogP contribution in [-0.2, 0) is 0 Å². The maximum Gasteiger partial charge on any atom is 0.223 e. The van der Waals surface area contributed by atoms with Gasteiger partial charge in [-0.25, -0.2) is 5.10 Å². The lowest BCUT2D eigenvalue weighted by Gasteiger charge is -2.03. The Bertz CT molecular complexity index is 573. The zero-order chi connectivity index (χ0) is 14.4. The summed E-state index contributed by atoms with van der Waals surface area (Å²) in [6.07, 6.45) is 2.15. The van der Waals surface area contributed by atoms with E-state index < -0.39 is 0 Å². The average molecular weight is 290 g/mol. The Morgan fingerprint density at radius 1 is 1.35 bits per heavy atom. The maximum atomic E-state index is 5.11. The number of hydrogen-bond donors (Lipinski definition) is 2. The number of thioether (sulfide) groups is 1. The number of ether oxygens (including phenoxy) is 1. The van der Waals surface area contributed by atoms with Gasteiger partial charge in [0.1, 0.15) is 5.75 Å². The fourth-order valence-electron chi connectivity index (χ4n) is 1.46. The highest BCUT2D eigenvalue weighted by Gasteiger charge is 2.03. The van der Waals surface area contributed by atoms with Gasteiger partial charge in [0.2, 0.25) is 11.1 Å². The van der Waals surface area contributed by atoms with E-state index in [4.69, 9.17) is 4.74 Å². The molecule has 6 heteroatoms. The molecule has 0 amide bonds. The Kier molecular flexibility index (Phi) is 5.06. The van der Waals surface area contributed by atoms with Crippen molar-refractivity contribution >= 4 is 23.4 Å². The molecular weight excluding hydrogens is 272 g/mol. The van der Waals surface area contributed by atoms with E-state index in [0.29, 0.717) is 5.95 Å². The Hall–Kier alpha value is -1.95. The molecule has 0 aliphatic rings. The third kappa shape index (κ3) is 4.31. The normalized spacial score (nSPS) is 10.2. The number of anilines is 2. The molecule has 1 aromatic heterocycles. The van der Waals surface area contributed by atoms with Crippen LogP contribution >= 0.6 is 11.8 Å². The smallest absolute Gasteiger partial charge is 0.223 e.